The Balaban J connectivity index is 0.000000184. The molecule has 0 radical (unpaired) electrons. The Bertz CT molecular complexity index is 478. The Morgan fingerprint density at radius 2 is 1.44 bits per heavy atom. The van der Waals surface area contributed by atoms with E-state index in [2.05, 4.69) is 4.74 Å². The van der Waals surface area contributed by atoms with Crippen molar-refractivity contribution >= 4 is 12.3 Å². The quantitative estimate of drug-likeness (QED) is 0.600. The number of hydrogen-bond acceptors (Lipinski definition) is 3. The molecule has 0 saturated heterocycles. The van der Waals surface area contributed by atoms with Crippen LogP contribution in [0.3, 0.4) is 0 Å². The van der Waals surface area contributed by atoms with Crippen LogP contribution in [0.5, 0.6) is 0 Å². The van der Waals surface area contributed by atoms with Crippen LogP contribution in [0.15, 0.2) is 60.7 Å². The van der Waals surface area contributed by atoms with E-state index in [-0.39, 0.29) is 5.97 Å². The lowest BCUT2D eigenvalue weighted by Crippen LogP contribution is -1.99. The molecule has 0 unspecified atom stereocenters. The van der Waals surface area contributed by atoms with Gasteiger partial charge in [-0.25, -0.2) is 4.79 Å². The number of methoxy groups -OCH3 is 1. The van der Waals surface area contributed by atoms with Gasteiger partial charge in [0.1, 0.15) is 6.29 Å². The molecule has 18 heavy (non-hydrogen) atoms. The summed E-state index contributed by atoms with van der Waals surface area (Å²) in [5.74, 6) is -0.291. The molecule has 2 aromatic rings. The number of benzene rings is 2. The van der Waals surface area contributed by atoms with Gasteiger partial charge in [0.05, 0.1) is 12.7 Å². The molecule has 0 bridgehead atoms. The number of esters is 1. The summed E-state index contributed by atoms with van der Waals surface area (Å²) in [4.78, 5) is 20.8. The molecular weight excluding hydrogens is 228 g/mol. The highest BCUT2D eigenvalue weighted by molar-refractivity contribution is 5.89. The van der Waals surface area contributed by atoms with E-state index in [9.17, 15) is 9.59 Å². The van der Waals surface area contributed by atoms with Gasteiger partial charge in [-0.1, -0.05) is 48.5 Å². The average molecular weight is 242 g/mol. The van der Waals surface area contributed by atoms with E-state index in [1.807, 2.05) is 24.3 Å². The van der Waals surface area contributed by atoms with Crippen molar-refractivity contribution in [2.24, 2.45) is 0 Å². The minimum atomic E-state index is -0.291. The first-order valence-corrected chi connectivity index (χ1v) is 5.41. The second-order valence-corrected chi connectivity index (χ2v) is 3.39. The van der Waals surface area contributed by atoms with E-state index < -0.39 is 0 Å². The van der Waals surface area contributed by atoms with Crippen molar-refractivity contribution in [3.63, 3.8) is 0 Å². The van der Waals surface area contributed by atoms with Crippen LogP contribution < -0.4 is 0 Å². The van der Waals surface area contributed by atoms with Gasteiger partial charge < -0.3 is 4.74 Å². The summed E-state index contributed by atoms with van der Waals surface area (Å²) in [6.07, 6.45) is 0.833. The van der Waals surface area contributed by atoms with E-state index >= 15 is 0 Å². The maximum absolute atomic E-state index is 10.8. The molecule has 0 aliphatic carbocycles. The average Bonchev–Trinajstić information content (AvgIpc) is 2.49. The number of aldehydes is 1. The van der Waals surface area contributed by atoms with Gasteiger partial charge in [-0.05, 0) is 12.1 Å². The van der Waals surface area contributed by atoms with Gasteiger partial charge >= 0.3 is 5.97 Å². The molecule has 0 spiro atoms. The predicted octanol–water partition coefficient (Wildman–Crippen LogP) is 2.97. The zero-order chi connectivity index (χ0) is 13.2. The Labute approximate surface area is 106 Å². The van der Waals surface area contributed by atoms with Crippen molar-refractivity contribution in [1.29, 1.82) is 0 Å². The molecule has 0 fully saturated rings. The Morgan fingerprint density at radius 1 is 0.944 bits per heavy atom. The first kappa shape index (κ1) is 13.6. The molecule has 3 nitrogen and oxygen atoms in total. The third kappa shape index (κ3) is 4.61. The smallest absolute Gasteiger partial charge is 0.337 e. The molecule has 0 aliphatic rings. The van der Waals surface area contributed by atoms with Crippen LogP contribution in [-0.4, -0.2) is 19.4 Å². The van der Waals surface area contributed by atoms with Gasteiger partial charge in [0.15, 0.2) is 0 Å². The first-order valence-electron chi connectivity index (χ1n) is 5.41. The van der Waals surface area contributed by atoms with Crippen molar-refractivity contribution < 1.29 is 14.3 Å². The molecule has 0 aliphatic heterocycles. The highest BCUT2D eigenvalue weighted by Gasteiger charge is 2.00. The molecule has 0 aromatic heterocycles. The summed E-state index contributed by atoms with van der Waals surface area (Å²) in [7, 11) is 1.37. The van der Waals surface area contributed by atoms with E-state index in [1.165, 1.54) is 7.11 Å². The van der Waals surface area contributed by atoms with Gasteiger partial charge in [0.2, 0.25) is 0 Å². The summed E-state index contributed by atoms with van der Waals surface area (Å²) in [6, 6.07) is 18.0. The van der Waals surface area contributed by atoms with E-state index in [0.717, 1.165) is 11.8 Å². The molecule has 92 valence electrons. The molecule has 0 atom stereocenters. The molecule has 2 rings (SSSR count). The van der Waals surface area contributed by atoms with E-state index in [4.69, 9.17) is 0 Å². The van der Waals surface area contributed by atoms with Gasteiger partial charge in [0, 0.05) is 5.56 Å². The monoisotopic (exact) mass is 242 g/mol. The number of rotatable bonds is 2. The maximum atomic E-state index is 10.8. The number of carbonyl (C=O) groups is 2. The van der Waals surface area contributed by atoms with Gasteiger partial charge in [-0.15, -0.1) is 0 Å². The SMILES string of the molecule is COC(=O)c1ccccc1.O=Cc1ccccc1. The van der Waals surface area contributed by atoms with Crippen LogP contribution in [0.1, 0.15) is 20.7 Å². The predicted molar refractivity (Wildman–Crippen MR) is 69.6 cm³/mol. The standard InChI is InChI=1S/C8H8O2.C7H6O/c1-10-8(9)7-5-3-2-4-6-7;8-6-7-4-2-1-3-5-7/h2-6H,1H3;1-6H. The van der Waals surface area contributed by atoms with Crippen LogP contribution in [0.2, 0.25) is 0 Å². The molecular formula is C15H14O3. The summed E-state index contributed by atoms with van der Waals surface area (Å²) >= 11 is 0. The molecule has 3 heteroatoms. The minimum Gasteiger partial charge on any atom is -0.465 e. The lowest BCUT2D eigenvalue weighted by atomic mass is 10.2. The second kappa shape index (κ2) is 7.79. The van der Waals surface area contributed by atoms with Crippen molar-refractivity contribution in [2.45, 2.75) is 0 Å². The van der Waals surface area contributed by atoms with Crippen molar-refractivity contribution in [3.8, 4) is 0 Å². The summed E-state index contributed by atoms with van der Waals surface area (Å²) in [5, 5.41) is 0. The fourth-order valence-electron chi connectivity index (χ4n) is 1.22. The fraction of sp³-hybridized carbons (Fsp3) is 0.0667. The zero-order valence-corrected chi connectivity index (χ0v) is 10.1. The van der Waals surface area contributed by atoms with Crippen molar-refractivity contribution in [2.75, 3.05) is 7.11 Å². The molecule has 0 saturated carbocycles. The number of carbonyl (C=O) groups excluding carboxylic acids is 2. The van der Waals surface area contributed by atoms with Crippen molar-refractivity contribution in [1.82, 2.24) is 0 Å². The number of ether oxygens (including phenoxy) is 1. The van der Waals surface area contributed by atoms with Crippen LogP contribution in [0.4, 0.5) is 0 Å². The summed E-state index contributed by atoms with van der Waals surface area (Å²) in [5.41, 5.74) is 1.32. The first-order chi connectivity index (χ1) is 8.77. The molecule has 0 heterocycles. The Kier molecular flexibility index (Phi) is 5.90. The van der Waals surface area contributed by atoms with Gasteiger partial charge in [0.25, 0.3) is 0 Å². The number of hydrogen-bond donors (Lipinski definition) is 0. The normalized spacial score (nSPS) is 8.72. The second-order valence-electron chi connectivity index (χ2n) is 3.39. The Hall–Kier alpha value is -2.42. The van der Waals surface area contributed by atoms with Crippen LogP contribution in [0, 0.1) is 0 Å². The van der Waals surface area contributed by atoms with Crippen LogP contribution >= 0.6 is 0 Å². The molecule has 0 amide bonds. The highest BCUT2D eigenvalue weighted by atomic mass is 16.5. The van der Waals surface area contributed by atoms with E-state index in [0.29, 0.717) is 5.56 Å². The van der Waals surface area contributed by atoms with Gasteiger partial charge in [-0.2, -0.15) is 0 Å². The topological polar surface area (TPSA) is 43.4 Å². The van der Waals surface area contributed by atoms with Crippen molar-refractivity contribution in [3.05, 3.63) is 71.8 Å². The highest BCUT2D eigenvalue weighted by Crippen LogP contribution is 1.98. The third-order valence-electron chi connectivity index (χ3n) is 2.13. The maximum Gasteiger partial charge on any atom is 0.337 e. The summed E-state index contributed by atoms with van der Waals surface area (Å²) < 4.78 is 4.50. The zero-order valence-electron chi connectivity index (χ0n) is 10.1. The minimum absolute atomic E-state index is 0.291. The summed E-state index contributed by atoms with van der Waals surface area (Å²) in [6.45, 7) is 0. The largest absolute Gasteiger partial charge is 0.465 e. The molecule has 0 N–H and O–H groups in total. The van der Waals surface area contributed by atoms with Gasteiger partial charge in [-0.3, -0.25) is 4.79 Å². The van der Waals surface area contributed by atoms with Crippen LogP contribution in [-0.2, 0) is 4.74 Å². The molecule has 2 aromatic carbocycles. The van der Waals surface area contributed by atoms with E-state index in [1.54, 1.807) is 36.4 Å². The lowest BCUT2D eigenvalue weighted by Gasteiger charge is -1.95. The Morgan fingerprint density at radius 3 is 1.83 bits per heavy atom. The fourth-order valence-corrected chi connectivity index (χ4v) is 1.22. The lowest BCUT2D eigenvalue weighted by molar-refractivity contribution is 0.0600. The third-order valence-corrected chi connectivity index (χ3v) is 2.13. The van der Waals surface area contributed by atoms with Crippen LogP contribution in [0.25, 0.3) is 0 Å².